The lowest BCUT2D eigenvalue weighted by atomic mass is 10.1. The van der Waals surface area contributed by atoms with Crippen LogP contribution in [0.3, 0.4) is 0 Å². The van der Waals surface area contributed by atoms with Crippen LogP contribution in [0.2, 0.25) is 0 Å². The summed E-state index contributed by atoms with van der Waals surface area (Å²) in [5, 5.41) is 8.71. The Balaban J connectivity index is 0.00000225. The number of fused-ring (bicyclic) bond motifs is 1. The Morgan fingerprint density at radius 3 is 2.71 bits per heavy atom. The molecule has 0 bridgehead atoms. The molecule has 0 aliphatic carbocycles. The van der Waals surface area contributed by atoms with Crippen molar-refractivity contribution in [2.75, 3.05) is 25.5 Å². The average Bonchev–Trinajstić information content (AvgIpc) is 2.71. The summed E-state index contributed by atoms with van der Waals surface area (Å²) in [5.74, 6) is 0.817. The molecule has 5 nitrogen and oxygen atoms in total. The second-order valence-corrected chi connectivity index (χ2v) is 7.09. The highest BCUT2D eigenvalue weighted by molar-refractivity contribution is 5.85. The van der Waals surface area contributed by atoms with Crippen molar-refractivity contribution >= 4 is 28.9 Å². The molecule has 1 aromatic heterocycles. The number of methoxy groups -OCH3 is 1. The number of benzene rings is 2. The molecule has 4 rings (SSSR count). The Labute approximate surface area is 171 Å². The van der Waals surface area contributed by atoms with Gasteiger partial charge in [-0.25, -0.2) is 0 Å². The normalized spacial score (nSPS) is 16.4. The van der Waals surface area contributed by atoms with Crippen molar-refractivity contribution in [3.05, 3.63) is 70.6 Å². The first-order valence-electron chi connectivity index (χ1n) is 9.46. The third-order valence-electron chi connectivity index (χ3n) is 5.16. The molecule has 0 radical (unpaired) electrons. The molecule has 1 aliphatic heterocycles. The fourth-order valence-electron chi connectivity index (χ4n) is 3.64. The largest absolute Gasteiger partial charge is 0.497 e. The second-order valence-electron chi connectivity index (χ2n) is 7.09. The summed E-state index contributed by atoms with van der Waals surface area (Å²) in [6, 6.07) is 16.3. The lowest BCUT2D eigenvalue weighted by molar-refractivity contribution is 0.414. The molecule has 2 heterocycles. The molecule has 1 saturated heterocycles. The lowest BCUT2D eigenvalue weighted by Crippen LogP contribution is -2.38. The van der Waals surface area contributed by atoms with Gasteiger partial charge in [0.1, 0.15) is 5.75 Å². The highest BCUT2D eigenvalue weighted by atomic mass is 35.5. The second kappa shape index (κ2) is 9.13. The van der Waals surface area contributed by atoms with Gasteiger partial charge in [-0.3, -0.25) is 4.79 Å². The number of aromatic nitrogens is 1. The average molecular weight is 400 g/mol. The van der Waals surface area contributed by atoms with E-state index in [9.17, 15) is 4.79 Å². The summed E-state index contributed by atoms with van der Waals surface area (Å²) >= 11 is 0. The van der Waals surface area contributed by atoms with E-state index < -0.39 is 0 Å². The first kappa shape index (κ1) is 20.2. The highest BCUT2D eigenvalue weighted by Gasteiger charge is 2.13. The van der Waals surface area contributed by atoms with E-state index in [0.29, 0.717) is 12.6 Å². The monoisotopic (exact) mass is 399 g/mol. The van der Waals surface area contributed by atoms with Crippen LogP contribution in [-0.4, -0.2) is 30.8 Å². The number of rotatable bonds is 5. The molecule has 0 spiro atoms. The van der Waals surface area contributed by atoms with Crippen molar-refractivity contribution in [1.29, 1.82) is 0 Å². The Morgan fingerprint density at radius 2 is 2.00 bits per heavy atom. The summed E-state index contributed by atoms with van der Waals surface area (Å²) < 4.78 is 6.94. The van der Waals surface area contributed by atoms with E-state index in [-0.39, 0.29) is 18.0 Å². The molecule has 148 valence electrons. The number of ether oxygens (including phenoxy) is 1. The van der Waals surface area contributed by atoms with Gasteiger partial charge in [0.05, 0.1) is 13.7 Å². The SMILES string of the molecule is COc1ccc(Cn2ccc3cc(N[C@@H]4CCCNC4)ccc3c2=O)cc1.Cl. The van der Waals surface area contributed by atoms with Gasteiger partial charge in [0.15, 0.2) is 0 Å². The Kier molecular flexibility index (Phi) is 6.60. The minimum atomic E-state index is 0. The molecule has 2 aromatic carbocycles. The summed E-state index contributed by atoms with van der Waals surface area (Å²) in [6.45, 7) is 2.64. The summed E-state index contributed by atoms with van der Waals surface area (Å²) in [5.41, 5.74) is 2.18. The van der Waals surface area contributed by atoms with Crippen LogP contribution < -0.4 is 20.9 Å². The van der Waals surface area contributed by atoms with Crippen molar-refractivity contribution in [3.63, 3.8) is 0 Å². The number of hydrogen-bond donors (Lipinski definition) is 2. The first-order valence-corrected chi connectivity index (χ1v) is 9.46. The number of nitrogens with one attached hydrogen (secondary N) is 2. The number of piperidine rings is 1. The number of halogens is 1. The Morgan fingerprint density at radius 1 is 1.18 bits per heavy atom. The van der Waals surface area contributed by atoms with Crippen LogP contribution in [0.4, 0.5) is 5.69 Å². The van der Waals surface area contributed by atoms with Gasteiger partial charge in [-0.15, -0.1) is 12.4 Å². The molecule has 1 aliphatic rings. The van der Waals surface area contributed by atoms with Crippen LogP contribution in [0.5, 0.6) is 5.75 Å². The third kappa shape index (κ3) is 4.49. The number of hydrogen-bond acceptors (Lipinski definition) is 4. The molecular weight excluding hydrogens is 374 g/mol. The molecule has 3 aromatic rings. The van der Waals surface area contributed by atoms with Crippen LogP contribution in [0.1, 0.15) is 18.4 Å². The van der Waals surface area contributed by atoms with E-state index in [2.05, 4.69) is 16.7 Å². The van der Waals surface area contributed by atoms with Gasteiger partial charge in [0.25, 0.3) is 5.56 Å². The van der Waals surface area contributed by atoms with Crippen molar-refractivity contribution in [2.24, 2.45) is 0 Å². The molecule has 0 saturated carbocycles. The molecule has 0 unspecified atom stereocenters. The van der Waals surface area contributed by atoms with E-state index >= 15 is 0 Å². The van der Waals surface area contributed by atoms with Crippen molar-refractivity contribution < 1.29 is 4.74 Å². The van der Waals surface area contributed by atoms with Crippen LogP contribution in [-0.2, 0) is 6.54 Å². The van der Waals surface area contributed by atoms with E-state index in [4.69, 9.17) is 4.74 Å². The lowest BCUT2D eigenvalue weighted by Gasteiger charge is -2.25. The maximum absolute atomic E-state index is 12.9. The van der Waals surface area contributed by atoms with Gasteiger partial charge in [0.2, 0.25) is 0 Å². The van der Waals surface area contributed by atoms with Gasteiger partial charge in [0, 0.05) is 29.9 Å². The number of nitrogens with zero attached hydrogens (tertiary/aromatic N) is 1. The van der Waals surface area contributed by atoms with Crippen molar-refractivity contribution in [3.8, 4) is 5.75 Å². The van der Waals surface area contributed by atoms with Gasteiger partial charge >= 0.3 is 0 Å². The van der Waals surface area contributed by atoms with E-state index in [1.165, 1.54) is 12.8 Å². The van der Waals surface area contributed by atoms with Gasteiger partial charge in [-0.2, -0.15) is 0 Å². The quantitative estimate of drug-likeness (QED) is 0.687. The Hall–Kier alpha value is -2.50. The minimum Gasteiger partial charge on any atom is -0.497 e. The third-order valence-corrected chi connectivity index (χ3v) is 5.16. The predicted octanol–water partition coefficient (Wildman–Crippen LogP) is 3.64. The van der Waals surface area contributed by atoms with E-state index in [1.54, 1.807) is 11.7 Å². The molecule has 0 amide bonds. The van der Waals surface area contributed by atoms with Crippen LogP contribution in [0.25, 0.3) is 10.8 Å². The van der Waals surface area contributed by atoms with E-state index in [0.717, 1.165) is 40.9 Å². The van der Waals surface area contributed by atoms with Gasteiger partial charge in [-0.1, -0.05) is 12.1 Å². The van der Waals surface area contributed by atoms with Crippen molar-refractivity contribution in [2.45, 2.75) is 25.4 Å². The van der Waals surface area contributed by atoms with E-state index in [1.807, 2.05) is 48.7 Å². The molecule has 6 heteroatoms. The van der Waals surface area contributed by atoms with Crippen LogP contribution >= 0.6 is 12.4 Å². The first-order chi connectivity index (χ1) is 13.2. The zero-order chi connectivity index (χ0) is 18.6. The van der Waals surface area contributed by atoms with Crippen LogP contribution in [0, 0.1) is 0 Å². The topological polar surface area (TPSA) is 55.3 Å². The number of pyridine rings is 1. The highest BCUT2D eigenvalue weighted by Crippen LogP contribution is 2.19. The molecule has 1 fully saturated rings. The Bertz CT molecular complexity index is 979. The molecule has 1 atom stereocenters. The van der Waals surface area contributed by atoms with Crippen molar-refractivity contribution in [1.82, 2.24) is 9.88 Å². The van der Waals surface area contributed by atoms with Gasteiger partial charge in [-0.05, 0) is 66.7 Å². The fourth-order valence-corrected chi connectivity index (χ4v) is 3.64. The molecular formula is C22H26ClN3O2. The summed E-state index contributed by atoms with van der Waals surface area (Å²) in [6.07, 6.45) is 4.25. The zero-order valence-corrected chi connectivity index (χ0v) is 16.8. The summed E-state index contributed by atoms with van der Waals surface area (Å²) in [7, 11) is 1.65. The van der Waals surface area contributed by atoms with Gasteiger partial charge < -0.3 is 19.9 Å². The maximum atomic E-state index is 12.9. The minimum absolute atomic E-state index is 0. The van der Waals surface area contributed by atoms with Crippen LogP contribution in [0.15, 0.2) is 59.5 Å². The maximum Gasteiger partial charge on any atom is 0.258 e. The molecule has 2 N–H and O–H groups in total. The zero-order valence-electron chi connectivity index (χ0n) is 16.0. The summed E-state index contributed by atoms with van der Waals surface area (Å²) in [4.78, 5) is 12.9. The molecule has 28 heavy (non-hydrogen) atoms. The fraction of sp³-hybridized carbons (Fsp3) is 0.318. The smallest absolute Gasteiger partial charge is 0.258 e. The standard InChI is InChI=1S/C22H25N3O2.ClH/c1-27-20-7-4-16(5-8-20)15-25-12-10-17-13-18(6-9-21(17)22(25)26)24-19-3-2-11-23-14-19;/h4-10,12-13,19,23-24H,2-3,11,14-15H2,1H3;1H/t19-;/m1./s1. The number of anilines is 1. The predicted molar refractivity (Wildman–Crippen MR) is 117 cm³/mol.